The second-order valence-corrected chi connectivity index (χ2v) is 6.59. The van der Waals surface area contributed by atoms with Crippen LogP contribution in [0, 0.1) is 0 Å². The second-order valence-electron chi connectivity index (χ2n) is 6.15. The molecule has 152 valence electrons. The molecule has 1 aromatic heterocycles. The lowest BCUT2D eigenvalue weighted by molar-refractivity contribution is -0.136. The van der Waals surface area contributed by atoms with Gasteiger partial charge in [-0.15, -0.1) is 0 Å². The maximum Gasteiger partial charge on any atom is 0.417 e. The van der Waals surface area contributed by atoms with Crippen molar-refractivity contribution in [2.75, 3.05) is 13.2 Å². The van der Waals surface area contributed by atoms with E-state index in [1.165, 1.54) is 6.07 Å². The first-order valence-corrected chi connectivity index (χ1v) is 8.89. The summed E-state index contributed by atoms with van der Waals surface area (Å²) in [4.78, 5) is 23.3. The molecule has 1 amide bonds. The first-order valence-electron chi connectivity index (χ1n) is 8.51. The molecule has 9 heteroatoms. The van der Waals surface area contributed by atoms with Gasteiger partial charge in [0.2, 0.25) is 0 Å². The number of benzene rings is 2. The van der Waals surface area contributed by atoms with Crippen LogP contribution >= 0.6 is 11.6 Å². The molecule has 0 aliphatic rings. The maximum absolute atomic E-state index is 13.0. The van der Waals surface area contributed by atoms with Crippen molar-refractivity contribution in [3.8, 4) is 5.75 Å². The largest absolute Gasteiger partial charge is 0.484 e. The molecule has 0 radical (unpaired) electrons. The van der Waals surface area contributed by atoms with Gasteiger partial charge in [-0.25, -0.2) is 4.79 Å². The van der Waals surface area contributed by atoms with E-state index in [9.17, 15) is 22.8 Å². The minimum absolute atomic E-state index is 0.104. The van der Waals surface area contributed by atoms with E-state index in [4.69, 9.17) is 20.8 Å². The van der Waals surface area contributed by atoms with Crippen molar-refractivity contribution in [2.24, 2.45) is 0 Å². The predicted octanol–water partition coefficient (Wildman–Crippen LogP) is 4.20. The number of carbonyl (C=O) groups is 1. The third-order valence-corrected chi connectivity index (χ3v) is 4.29. The molecule has 0 spiro atoms. The molecule has 0 fully saturated rings. The smallest absolute Gasteiger partial charge is 0.417 e. The molecular weight excluding hydrogens is 411 g/mol. The van der Waals surface area contributed by atoms with Crippen molar-refractivity contribution < 1.29 is 27.1 Å². The molecule has 0 unspecified atom stereocenters. The van der Waals surface area contributed by atoms with Crippen LogP contribution in [0.2, 0.25) is 5.02 Å². The summed E-state index contributed by atoms with van der Waals surface area (Å²) in [7, 11) is 0. The van der Waals surface area contributed by atoms with Crippen molar-refractivity contribution in [1.29, 1.82) is 0 Å². The molecule has 2 aromatic carbocycles. The molecule has 0 aliphatic carbocycles. The summed E-state index contributed by atoms with van der Waals surface area (Å²) in [5.41, 5.74) is -1.48. The van der Waals surface area contributed by atoms with Crippen molar-refractivity contribution >= 4 is 28.5 Å². The molecule has 0 saturated heterocycles. The Balaban J connectivity index is 1.59. The van der Waals surface area contributed by atoms with Crippen LogP contribution in [-0.4, -0.2) is 19.1 Å². The molecule has 5 nitrogen and oxygen atoms in total. The van der Waals surface area contributed by atoms with Gasteiger partial charge in [0.15, 0.2) is 6.61 Å². The number of rotatable bonds is 6. The summed E-state index contributed by atoms with van der Waals surface area (Å²) in [6.45, 7) is 0.0423. The van der Waals surface area contributed by atoms with Crippen LogP contribution in [0.15, 0.2) is 57.7 Å². The first kappa shape index (κ1) is 20.7. The van der Waals surface area contributed by atoms with Crippen LogP contribution in [0.4, 0.5) is 13.2 Å². The highest BCUT2D eigenvalue weighted by Crippen LogP contribution is 2.34. The monoisotopic (exact) mass is 425 g/mol. The number of fused-ring (bicyclic) bond motifs is 1. The summed E-state index contributed by atoms with van der Waals surface area (Å²) in [5, 5.41) is 3.03. The van der Waals surface area contributed by atoms with Crippen LogP contribution in [0.1, 0.15) is 11.1 Å². The normalized spacial score (nSPS) is 11.4. The van der Waals surface area contributed by atoms with Gasteiger partial charge in [-0.1, -0.05) is 23.7 Å². The van der Waals surface area contributed by atoms with Gasteiger partial charge in [-0.05, 0) is 36.2 Å². The lowest BCUT2D eigenvalue weighted by Crippen LogP contribution is -2.30. The summed E-state index contributed by atoms with van der Waals surface area (Å²) >= 11 is 5.81. The molecule has 29 heavy (non-hydrogen) atoms. The number of nitrogens with one attached hydrogen (secondary N) is 1. The Labute approximate surface area is 168 Å². The third kappa shape index (κ3) is 5.51. The number of ether oxygens (including phenoxy) is 1. The molecule has 0 aliphatic heterocycles. The van der Waals surface area contributed by atoms with Crippen molar-refractivity contribution in [3.63, 3.8) is 0 Å². The standard InChI is InChI=1S/C20H15ClF3NO4/c21-13-3-1-12(2-4-13)7-8-25-18(26)11-28-14-5-6-15-16(20(22,23)24)10-19(27)29-17(15)9-14/h1-6,9-10H,7-8,11H2,(H,25,26). The topological polar surface area (TPSA) is 68.5 Å². The van der Waals surface area contributed by atoms with Crippen molar-refractivity contribution in [2.45, 2.75) is 12.6 Å². The van der Waals surface area contributed by atoms with E-state index >= 15 is 0 Å². The van der Waals surface area contributed by atoms with E-state index in [1.54, 1.807) is 12.1 Å². The van der Waals surface area contributed by atoms with E-state index in [-0.39, 0.29) is 23.3 Å². The highest BCUT2D eigenvalue weighted by atomic mass is 35.5. The van der Waals surface area contributed by atoms with E-state index < -0.39 is 23.3 Å². The molecule has 0 atom stereocenters. The van der Waals surface area contributed by atoms with E-state index in [1.807, 2.05) is 12.1 Å². The minimum atomic E-state index is -4.69. The minimum Gasteiger partial charge on any atom is -0.484 e. The number of carbonyl (C=O) groups excluding carboxylic acids is 1. The van der Waals surface area contributed by atoms with Gasteiger partial charge in [-0.2, -0.15) is 13.2 Å². The number of hydrogen-bond acceptors (Lipinski definition) is 4. The fraction of sp³-hybridized carbons (Fsp3) is 0.200. The highest BCUT2D eigenvalue weighted by Gasteiger charge is 2.33. The zero-order valence-corrected chi connectivity index (χ0v) is 15.6. The maximum atomic E-state index is 13.0. The number of amides is 1. The zero-order valence-electron chi connectivity index (χ0n) is 14.9. The Morgan fingerprint density at radius 2 is 1.83 bits per heavy atom. The average Bonchev–Trinajstić information content (AvgIpc) is 2.66. The molecular formula is C20H15ClF3NO4. The van der Waals surface area contributed by atoms with Gasteiger partial charge in [0, 0.05) is 29.1 Å². The van der Waals surface area contributed by atoms with Gasteiger partial charge in [0.05, 0.1) is 5.56 Å². The van der Waals surface area contributed by atoms with Crippen molar-refractivity contribution in [1.82, 2.24) is 5.32 Å². The summed E-state index contributed by atoms with van der Waals surface area (Å²) in [5.74, 6) is -0.294. The average molecular weight is 426 g/mol. The number of hydrogen-bond donors (Lipinski definition) is 1. The number of halogens is 4. The van der Waals surface area contributed by atoms with Gasteiger partial charge in [0.1, 0.15) is 11.3 Å². The van der Waals surface area contributed by atoms with E-state index in [0.29, 0.717) is 24.1 Å². The third-order valence-electron chi connectivity index (χ3n) is 4.04. The van der Waals surface area contributed by atoms with Crippen LogP contribution in [0.25, 0.3) is 11.0 Å². The molecule has 3 aromatic rings. The van der Waals surface area contributed by atoms with Gasteiger partial charge >= 0.3 is 11.8 Å². The summed E-state index contributed by atoms with van der Waals surface area (Å²) in [6, 6.07) is 11.2. The van der Waals surface area contributed by atoms with E-state index in [0.717, 1.165) is 17.7 Å². The summed E-state index contributed by atoms with van der Waals surface area (Å²) < 4.78 is 49.2. The van der Waals surface area contributed by atoms with Crippen LogP contribution < -0.4 is 15.7 Å². The predicted molar refractivity (Wildman–Crippen MR) is 101 cm³/mol. The fourth-order valence-corrected chi connectivity index (χ4v) is 2.79. The second kappa shape index (κ2) is 8.57. The van der Waals surface area contributed by atoms with Crippen LogP contribution in [0.3, 0.4) is 0 Å². The molecule has 1 N–H and O–H groups in total. The Kier molecular flexibility index (Phi) is 6.12. The lowest BCUT2D eigenvalue weighted by Gasteiger charge is -2.11. The SMILES string of the molecule is O=C(COc1ccc2c(C(F)(F)F)cc(=O)oc2c1)NCCc1ccc(Cl)cc1. The van der Waals surface area contributed by atoms with Gasteiger partial charge in [-0.3, -0.25) is 4.79 Å². The van der Waals surface area contributed by atoms with Crippen LogP contribution in [-0.2, 0) is 17.4 Å². The Bertz CT molecular complexity index is 1080. The van der Waals surface area contributed by atoms with E-state index in [2.05, 4.69) is 5.32 Å². The molecule has 0 saturated carbocycles. The summed E-state index contributed by atoms with van der Waals surface area (Å²) in [6.07, 6.45) is -4.09. The molecule has 0 bridgehead atoms. The Hall–Kier alpha value is -3.00. The zero-order chi connectivity index (χ0) is 21.0. The van der Waals surface area contributed by atoms with Gasteiger partial charge in [0.25, 0.3) is 5.91 Å². The first-order chi connectivity index (χ1) is 13.7. The molecule has 1 heterocycles. The Morgan fingerprint density at radius 3 is 2.52 bits per heavy atom. The Morgan fingerprint density at radius 1 is 1.10 bits per heavy atom. The van der Waals surface area contributed by atoms with Crippen LogP contribution in [0.5, 0.6) is 5.75 Å². The number of alkyl halides is 3. The quantitative estimate of drug-likeness (QED) is 0.601. The lowest BCUT2D eigenvalue weighted by atomic mass is 10.1. The highest BCUT2D eigenvalue weighted by molar-refractivity contribution is 6.30. The van der Waals surface area contributed by atoms with Gasteiger partial charge < -0.3 is 14.5 Å². The van der Waals surface area contributed by atoms with Crippen molar-refractivity contribution in [3.05, 3.63) is 75.1 Å². The fourth-order valence-electron chi connectivity index (χ4n) is 2.66. The molecule has 3 rings (SSSR count).